The van der Waals surface area contributed by atoms with Crippen LogP contribution in [-0.4, -0.2) is 9.32 Å². The van der Waals surface area contributed by atoms with Crippen LogP contribution in [0.15, 0.2) is 24.3 Å². The number of benzene rings is 1. The Bertz CT molecular complexity index is 429. The quantitative estimate of drug-likeness (QED) is 0.729. The molecule has 1 unspecified atom stereocenters. The summed E-state index contributed by atoms with van der Waals surface area (Å²) >= 11 is 0. The summed E-state index contributed by atoms with van der Waals surface area (Å²) in [4.78, 5) is 0. The number of hydrogen-bond donors (Lipinski definition) is 3. The van der Waals surface area contributed by atoms with Gasteiger partial charge in [0.05, 0.1) is 11.4 Å². The van der Waals surface area contributed by atoms with Gasteiger partial charge in [0.15, 0.2) is 0 Å². The molecule has 1 aromatic carbocycles. The van der Waals surface area contributed by atoms with E-state index in [0.717, 1.165) is 11.1 Å². The minimum absolute atomic E-state index is 0.0408. The lowest BCUT2D eigenvalue weighted by molar-refractivity contribution is 0.0786. The zero-order chi connectivity index (χ0) is 11.7. The normalized spacial score (nSPS) is 16.0. The molecule has 1 aromatic rings. The summed E-state index contributed by atoms with van der Waals surface area (Å²) in [5, 5.41) is 14.8. The van der Waals surface area contributed by atoms with E-state index in [1.54, 1.807) is 38.1 Å². The summed E-state index contributed by atoms with van der Waals surface area (Å²) in [7, 11) is -2.99. The van der Waals surface area contributed by atoms with E-state index < -0.39 is 15.5 Å². The van der Waals surface area contributed by atoms with Crippen LogP contribution in [0.3, 0.4) is 0 Å². The summed E-state index contributed by atoms with van der Waals surface area (Å²) in [6.45, 7) is 3.39. The Morgan fingerprint density at radius 3 is 2.20 bits per heavy atom. The van der Waals surface area contributed by atoms with Gasteiger partial charge in [-0.2, -0.15) is 0 Å². The van der Waals surface area contributed by atoms with Crippen molar-refractivity contribution in [1.82, 2.24) is 0 Å². The molecule has 0 bridgehead atoms. The molecule has 0 aliphatic rings. The number of hydrogen-bond acceptors (Lipinski definition) is 3. The number of nitrogens with one attached hydrogen (secondary N) is 1. The molecule has 0 spiro atoms. The topological polar surface area (TPSA) is 87.2 Å². The van der Waals surface area contributed by atoms with Crippen LogP contribution in [0, 0.1) is 4.78 Å². The Labute approximate surface area is 90.2 Å². The average molecular weight is 228 g/mol. The smallest absolute Gasteiger partial charge is 0.106 e. The number of rotatable bonds is 3. The van der Waals surface area contributed by atoms with E-state index in [1.165, 1.54) is 0 Å². The lowest BCUT2D eigenvalue weighted by Crippen LogP contribution is -2.16. The predicted molar refractivity (Wildman–Crippen MR) is 60.4 cm³/mol. The Morgan fingerprint density at radius 2 is 1.87 bits per heavy atom. The van der Waals surface area contributed by atoms with E-state index in [-0.39, 0.29) is 5.75 Å². The van der Waals surface area contributed by atoms with E-state index in [9.17, 15) is 9.32 Å². The molecule has 1 atom stereocenters. The Kier molecular flexibility index (Phi) is 3.18. The van der Waals surface area contributed by atoms with Gasteiger partial charge in [-0.1, -0.05) is 24.3 Å². The van der Waals surface area contributed by atoms with Crippen molar-refractivity contribution < 1.29 is 9.32 Å². The first-order chi connectivity index (χ1) is 6.68. The van der Waals surface area contributed by atoms with Gasteiger partial charge in [0.1, 0.15) is 9.92 Å². The fourth-order valence-electron chi connectivity index (χ4n) is 1.26. The van der Waals surface area contributed by atoms with Gasteiger partial charge in [-0.05, 0) is 25.0 Å². The van der Waals surface area contributed by atoms with Crippen molar-refractivity contribution in [3.8, 4) is 0 Å². The van der Waals surface area contributed by atoms with Crippen LogP contribution in [0.1, 0.15) is 25.0 Å². The van der Waals surface area contributed by atoms with Crippen LogP contribution in [-0.2, 0) is 21.3 Å². The van der Waals surface area contributed by atoms with E-state index >= 15 is 0 Å². The highest BCUT2D eigenvalue weighted by Gasteiger charge is 2.15. The molecule has 5 heteroatoms. The average Bonchev–Trinajstić information content (AvgIpc) is 2.00. The van der Waals surface area contributed by atoms with Crippen molar-refractivity contribution in [3.05, 3.63) is 35.4 Å². The van der Waals surface area contributed by atoms with Crippen molar-refractivity contribution in [2.75, 3.05) is 0 Å². The van der Waals surface area contributed by atoms with Crippen LogP contribution < -0.4 is 5.14 Å². The van der Waals surface area contributed by atoms with Crippen molar-refractivity contribution in [3.63, 3.8) is 0 Å². The van der Waals surface area contributed by atoms with Crippen LogP contribution in [0.25, 0.3) is 0 Å². The van der Waals surface area contributed by atoms with Crippen LogP contribution in [0.5, 0.6) is 0 Å². The van der Waals surface area contributed by atoms with E-state index in [4.69, 9.17) is 9.92 Å². The molecule has 0 amide bonds. The number of aliphatic hydroxyl groups is 1. The minimum Gasteiger partial charge on any atom is -0.386 e. The third-order valence-electron chi connectivity index (χ3n) is 2.04. The maximum absolute atomic E-state index is 11.0. The van der Waals surface area contributed by atoms with Gasteiger partial charge in [-0.3, -0.25) is 0 Å². The molecule has 0 fully saturated rings. The zero-order valence-electron chi connectivity index (χ0n) is 8.86. The highest BCUT2D eigenvalue weighted by Crippen LogP contribution is 2.20. The van der Waals surface area contributed by atoms with Gasteiger partial charge < -0.3 is 5.11 Å². The summed E-state index contributed by atoms with van der Waals surface area (Å²) in [6.07, 6.45) is 0. The minimum atomic E-state index is -2.99. The molecule has 0 saturated heterocycles. The van der Waals surface area contributed by atoms with Gasteiger partial charge in [0, 0.05) is 0 Å². The summed E-state index contributed by atoms with van der Waals surface area (Å²) in [5.74, 6) is 0.0408. The first-order valence-corrected chi connectivity index (χ1v) is 6.33. The highest BCUT2D eigenvalue weighted by molar-refractivity contribution is 7.89. The monoisotopic (exact) mass is 228 g/mol. The zero-order valence-corrected chi connectivity index (χ0v) is 9.67. The molecule has 0 saturated carbocycles. The predicted octanol–water partition coefficient (Wildman–Crippen LogP) is 1.33. The summed E-state index contributed by atoms with van der Waals surface area (Å²) < 4.78 is 18.1. The maximum Gasteiger partial charge on any atom is 0.106 e. The molecule has 84 valence electrons. The molecule has 0 aliphatic heterocycles. The van der Waals surface area contributed by atoms with E-state index in [1.807, 2.05) is 0 Å². The molecule has 1 rings (SSSR count). The Balaban J connectivity index is 2.91. The first-order valence-electron chi connectivity index (χ1n) is 4.54. The molecular weight excluding hydrogens is 212 g/mol. The standard InChI is InChI=1S/C10H16N2O2S/c1-10(2,13)9-5-3-8(4-6-9)7-15(11,12)14/h3-6,13H,7H2,1-2H3,(H3,11,12,14). The molecule has 0 aliphatic carbocycles. The molecule has 0 radical (unpaired) electrons. The van der Waals surface area contributed by atoms with Gasteiger partial charge >= 0.3 is 0 Å². The summed E-state index contributed by atoms with van der Waals surface area (Å²) in [6, 6.07) is 6.96. The molecule has 4 nitrogen and oxygen atoms in total. The summed E-state index contributed by atoms with van der Waals surface area (Å²) in [5.41, 5.74) is 0.633. The first kappa shape index (κ1) is 12.2. The van der Waals surface area contributed by atoms with Crippen molar-refractivity contribution in [2.24, 2.45) is 5.14 Å². The van der Waals surface area contributed by atoms with Gasteiger partial charge in [0.25, 0.3) is 0 Å². The molecule has 0 aromatic heterocycles. The molecular formula is C10H16N2O2S. The highest BCUT2D eigenvalue weighted by atomic mass is 32.2. The van der Waals surface area contributed by atoms with Crippen LogP contribution in [0.4, 0.5) is 0 Å². The second-order valence-electron chi connectivity index (χ2n) is 4.13. The van der Waals surface area contributed by atoms with Gasteiger partial charge in [-0.15, -0.1) is 0 Å². The van der Waals surface area contributed by atoms with E-state index in [0.29, 0.717) is 0 Å². The number of nitrogens with two attached hydrogens (primary N) is 1. The van der Waals surface area contributed by atoms with Gasteiger partial charge in [-0.25, -0.2) is 14.1 Å². The largest absolute Gasteiger partial charge is 0.386 e. The van der Waals surface area contributed by atoms with Crippen molar-refractivity contribution >= 4 is 9.92 Å². The van der Waals surface area contributed by atoms with Gasteiger partial charge in [0.2, 0.25) is 0 Å². The van der Waals surface area contributed by atoms with Crippen molar-refractivity contribution in [2.45, 2.75) is 25.2 Å². The third kappa shape index (κ3) is 3.99. The lowest BCUT2D eigenvalue weighted by atomic mass is 9.98. The Morgan fingerprint density at radius 1 is 1.40 bits per heavy atom. The SMILES string of the molecule is CC(C)(O)c1ccc(CS(=N)(N)=O)cc1. The third-order valence-corrected chi connectivity index (χ3v) is 2.80. The lowest BCUT2D eigenvalue weighted by Gasteiger charge is -2.17. The molecule has 15 heavy (non-hydrogen) atoms. The second kappa shape index (κ2) is 3.92. The van der Waals surface area contributed by atoms with Crippen molar-refractivity contribution in [1.29, 1.82) is 4.78 Å². The van der Waals surface area contributed by atoms with Crippen LogP contribution >= 0.6 is 0 Å². The molecule has 0 heterocycles. The van der Waals surface area contributed by atoms with E-state index in [2.05, 4.69) is 0 Å². The van der Waals surface area contributed by atoms with Crippen LogP contribution in [0.2, 0.25) is 0 Å². The Hall–Kier alpha value is -0.910. The fraction of sp³-hybridized carbons (Fsp3) is 0.400. The molecule has 4 N–H and O–H groups in total. The second-order valence-corrected chi connectivity index (χ2v) is 5.87. The fourth-order valence-corrected chi connectivity index (χ4v) is 1.94. The maximum atomic E-state index is 11.0.